The van der Waals surface area contributed by atoms with E-state index in [-0.39, 0.29) is 6.10 Å². The lowest BCUT2D eigenvalue weighted by Crippen LogP contribution is -2.09. The summed E-state index contributed by atoms with van der Waals surface area (Å²) in [5.41, 5.74) is 8.72. The van der Waals surface area contributed by atoms with Crippen molar-refractivity contribution in [2.24, 2.45) is 7.05 Å². The van der Waals surface area contributed by atoms with Crippen molar-refractivity contribution in [2.75, 3.05) is 11.1 Å². The molecule has 0 amide bonds. The third-order valence-corrected chi connectivity index (χ3v) is 2.67. The maximum atomic E-state index is 6.09. The van der Waals surface area contributed by atoms with Crippen molar-refractivity contribution in [1.29, 1.82) is 0 Å². The van der Waals surface area contributed by atoms with E-state index in [0.717, 1.165) is 11.3 Å². The molecule has 0 aliphatic carbocycles. The molecule has 0 atom stereocenters. The summed E-state index contributed by atoms with van der Waals surface area (Å²) in [5.74, 6) is 0.714. The Morgan fingerprint density at radius 2 is 2.21 bits per heavy atom. The lowest BCUT2D eigenvalue weighted by molar-refractivity contribution is 0.244. The van der Waals surface area contributed by atoms with E-state index in [1.54, 1.807) is 4.68 Å². The second-order valence-corrected chi connectivity index (χ2v) is 4.76. The molecular weight excluding hydrogens is 240 g/mol. The van der Waals surface area contributed by atoms with Crippen LogP contribution in [0.3, 0.4) is 0 Å². The first-order valence-corrected chi connectivity index (χ1v) is 6.33. The Morgan fingerprint density at radius 3 is 2.84 bits per heavy atom. The highest BCUT2D eigenvalue weighted by Crippen LogP contribution is 2.30. The van der Waals surface area contributed by atoms with Crippen LogP contribution in [0.2, 0.25) is 0 Å². The van der Waals surface area contributed by atoms with Crippen LogP contribution in [-0.4, -0.2) is 15.9 Å². The van der Waals surface area contributed by atoms with E-state index in [1.165, 1.54) is 0 Å². The predicted molar refractivity (Wildman–Crippen MR) is 77.2 cm³/mol. The van der Waals surface area contributed by atoms with Gasteiger partial charge >= 0.3 is 0 Å². The number of nitrogens with zero attached hydrogens (tertiary/aromatic N) is 2. The van der Waals surface area contributed by atoms with Crippen LogP contribution >= 0.6 is 0 Å². The molecule has 1 aromatic carbocycles. The first kappa shape index (κ1) is 13.3. The predicted octanol–water partition coefficient (Wildman–Crippen LogP) is 2.40. The summed E-state index contributed by atoms with van der Waals surface area (Å²) >= 11 is 0. The van der Waals surface area contributed by atoms with E-state index in [9.17, 15) is 0 Å². The van der Waals surface area contributed by atoms with E-state index in [2.05, 4.69) is 10.4 Å². The molecule has 0 radical (unpaired) electrons. The summed E-state index contributed by atoms with van der Waals surface area (Å²) < 4.78 is 7.44. The van der Waals surface area contributed by atoms with Gasteiger partial charge in [-0.05, 0) is 26.0 Å². The minimum absolute atomic E-state index is 0.107. The standard InChI is InChI=1S/C14H20N4O/c1-10(2)19-13-6-4-5-12(14(13)15)16-7-11-8-17-18(3)9-11/h4-6,8-10,16H,7,15H2,1-3H3. The molecule has 0 saturated carbocycles. The van der Waals surface area contributed by atoms with E-state index < -0.39 is 0 Å². The van der Waals surface area contributed by atoms with E-state index >= 15 is 0 Å². The molecule has 5 nitrogen and oxygen atoms in total. The number of aryl methyl sites for hydroxylation is 1. The Kier molecular flexibility index (Phi) is 3.94. The molecule has 0 fully saturated rings. The lowest BCUT2D eigenvalue weighted by Gasteiger charge is -2.15. The Hall–Kier alpha value is -2.17. The van der Waals surface area contributed by atoms with E-state index in [4.69, 9.17) is 10.5 Å². The number of para-hydroxylation sites is 1. The number of nitrogens with two attached hydrogens (primary N) is 1. The van der Waals surface area contributed by atoms with Gasteiger partial charge in [0, 0.05) is 25.4 Å². The van der Waals surface area contributed by atoms with Gasteiger partial charge in [0.2, 0.25) is 0 Å². The number of rotatable bonds is 5. The quantitative estimate of drug-likeness (QED) is 0.810. The van der Waals surface area contributed by atoms with Gasteiger partial charge < -0.3 is 15.8 Å². The Bertz CT molecular complexity index is 548. The molecule has 0 bridgehead atoms. The maximum Gasteiger partial charge on any atom is 0.144 e. The van der Waals surface area contributed by atoms with Crippen molar-refractivity contribution in [1.82, 2.24) is 9.78 Å². The monoisotopic (exact) mass is 260 g/mol. The van der Waals surface area contributed by atoms with E-state index in [0.29, 0.717) is 18.0 Å². The number of anilines is 2. The van der Waals surface area contributed by atoms with Gasteiger partial charge in [-0.15, -0.1) is 0 Å². The summed E-state index contributed by atoms with van der Waals surface area (Å²) in [4.78, 5) is 0. The minimum Gasteiger partial charge on any atom is -0.489 e. The molecule has 1 heterocycles. The molecule has 0 aliphatic rings. The highest BCUT2D eigenvalue weighted by Gasteiger charge is 2.07. The SMILES string of the molecule is CC(C)Oc1cccc(NCc2cnn(C)c2)c1N. The summed E-state index contributed by atoms with van der Waals surface area (Å²) in [7, 11) is 1.90. The van der Waals surface area contributed by atoms with Gasteiger partial charge in [0.25, 0.3) is 0 Å². The Balaban J connectivity index is 2.08. The normalized spacial score (nSPS) is 10.7. The average Bonchev–Trinajstić information content (AvgIpc) is 2.76. The van der Waals surface area contributed by atoms with Crippen molar-refractivity contribution in [3.05, 3.63) is 36.2 Å². The van der Waals surface area contributed by atoms with Crippen LogP contribution in [0.4, 0.5) is 11.4 Å². The summed E-state index contributed by atoms with van der Waals surface area (Å²) in [6, 6.07) is 5.75. The second kappa shape index (κ2) is 5.65. The molecule has 19 heavy (non-hydrogen) atoms. The zero-order valence-electron chi connectivity index (χ0n) is 11.6. The first-order valence-electron chi connectivity index (χ1n) is 6.33. The summed E-state index contributed by atoms with van der Waals surface area (Å²) in [6.45, 7) is 4.65. The third kappa shape index (κ3) is 3.40. The molecule has 0 spiro atoms. The average molecular weight is 260 g/mol. The van der Waals surface area contributed by atoms with Gasteiger partial charge in [0.05, 0.1) is 23.7 Å². The number of ether oxygens (including phenoxy) is 1. The van der Waals surface area contributed by atoms with Crippen LogP contribution in [-0.2, 0) is 13.6 Å². The van der Waals surface area contributed by atoms with Crippen molar-refractivity contribution in [3.8, 4) is 5.75 Å². The lowest BCUT2D eigenvalue weighted by atomic mass is 10.2. The molecule has 0 saturated heterocycles. The zero-order valence-corrected chi connectivity index (χ0v) is 11.6. The van der Waals surface area contributed by atoms with Gasteiger partial charge in [0.1, 0.15) is 5.75 Å². The number of aromatic nitrogens is 2. The van der Waals surface area contributed by atoms with Crippen molar-refractivity contribution in [3.63, 3.8) is 0 Å². The number of nitrogens with one attached hydrogen (secondary N) is 1. The molecule has 2 aromatic rings. The number of hydrogen-bond donors (Lipinski definition) is 2. The summed E-state index contributed by atoms with van der Waals surface area (Å²) in [5, 5.41) is 7.43. The highest BCUT2D eigenvalue weighted by atomic mass is 16.5. The first-order chi connectivity index (χ1) is 9.06. The fraction of sp³-hybridized carbons (Fsp3) is 0.357. The molecule has 0 unspecified atom stereocenters. The highest BCUT2D eigenvalue weighted by molar-refractivity contribution is 5.72. The smallest absolute Gasteiger partial charge is 0.144 e. The Labute approximate surface area is 113 Å². The number of nitrogen functional groups attached to an aromatic ring is 1. The topological polar surface area (TPSA) is 65.1 Å². The molecule has 102 valence electrons. The fourth-order valence-electron chi connectivity index (χ4n) is 1.82. The largest absolute Gasteiger partial charge is 0.489 e. The fourth-order valence-corrected chi connectivity index (χ4v) is 1.82. The molecule has 5 heteroatoms. The van der Waals surface area contributed by atoms with Crippen LogP contribution < -0.4 is 15.8 Å². The van der Waals surface area contributed by atoms with Crippen LogP contribution in [0.1, 0.15) is 19.4 Å². The van der Waals surface area contributed by atoms with Gasteiger partial charge in [-0.2, -0.15) is 5.10 Å². The van der Waals surface area contributed by atoms with Crippen LogP contribution in [0.25, 0.3) is 0 Å². The zero-order chi connectivity index (χ0) is 13.8. The van der Waals surface area contributed by atoms with Crippen LogP contribution in [0.15, 0.2) is 30.6 Å². The second-order valence-electron chi connectivity index (χ2n) is 4.76. The van der Waals surface area contributed by atoms with Gasteiger partial charge in [-0.25, -0.2) is 0 Å². The molecule has 1 aromatic heterocycles. The molecule has 0 aliphatic heterocycles. The van der Waals surface area contributed by atoms with Gasteiger partial charge in [0.15, 0.2) is 0 Å². The summed E-state index contributed by atoms with van der Waals surface area (Å²) in [6.07, 6.45) is 3.91. The van der Waals surface area contributed by atoms with Crippen LogP contribution in [0, 0.1) is 0 Å². The van der Waals surface area contributed by atoms with Gasteiger partial charge in [-0.1, -0.05) is 6.07 Å². The van der Waals surface area contributed by atoms with Crippen molar-refractivity contribution >= 4 is 11.4 Å². The maximum absolute atomic E-state index is 6.09. The van der Waals surface area contributed by atoms with Gasteiger partial charge in [-0.3, -0.25) is 4.68 Å². The van der Waals surface area contributed by atoms with Crippen LogP contribution in [0.5, 0.6) is 5.75 Å². The third-order valence-electron chi connectivity index (χ3n) is 2.67. The molecule has 3 N–H and O–H groups in total. The van der Waals surface area contributed by atoms with E-state index in [1.807, 2.05) is 51.5 Å². The van der Waals surface area contributed by atoms with Crippen molar-refractivity contribution < 1.29 is 4.74 Å². The number of benzene rings is 1. The molecule has 2 rings (SSSR count). The Morgan fingerprint density at radius 1 is 1.42 bits per heavy atom. The molecular formula is C14H20N4O. The minimum atomic E-state index is 0.107. The van der Waals surface area contributed by atoms with Crippen molar-refractivity contribution in [2.45, 2.75) is 26.5 Å². The number of hydrogen-bond acceptors (Lipinski definition) is 4.